The summed E-state index contributed by atoms with van der Waals surface area (Å²) in [6, 6.07) is 0.567. The van der Waals surface area contributed by atoms with E-state index in [-0.39, 0.29) is 17.5 Å². The first-order valence-corrected chi connectivity index (χ1v) is 5.42. The fraction of sp³-hybridized carbons (Fsp3) is 0.909. The molecule has 14 heavy (non-hydrogen) atoms. The molecule has 2 rings (SSSR count). The van der Waals surface area contributed by atoms with Crippen molar-refractivity contribution in [1.82, 2.24) is 5.32 Å². The zero-order valence-electron chi connectivity index (χ0n) is 9.17. The van der Waals surface area contributed by atoms with Gasteiger partial charge in [-0.2, -0.15) is 0 Å². The van der Waals surface area contributed by atoms with Crippen LogP contribution in [-0.4, -0.2) is 24.2 Å². The number of hydrogen-bond acceptors (Lipinski definition) is 3. The number of piperidine rings is 1. The van der Waals surface area contributed by atoms with Gasteiger partial charge < -0.3 is 10.1 Å². The molecule has 0 aromatic heterocycles. The molecule has 2 bridgehead atoms. The van der Waals surface area contributed by atoms with Gasteiger partial charge in [0, 0.05) is 6.04 Å². The molecular formula is C11H19NO2. The fourth-order valence-corrected chi connectivity index (χ4v) is 2.50. The lowest BCUT2D eigenvalue weighted by molar-refractivity contribution is -0.161. The maximum atomic E-state index is 11.8. The van der Waals surface area contributed by atoms with Crippen LogP contribution in [0.25, 0.3) is 0 Å². The van der Waals surface area contributed by atoms with Gasteiger partial charge in [0.1, 0.15) is 5.60 Å². The largest absolute Gasteiger partial charge is 0.460 e. The summed E-state index contributed by atoms with van der Waals surface area (Å²) in [5.74, 6) is 0.682. The lowest BCUT2D eigenvalue weighted by atomic mass is 9.95. The maximum Gasteiger partial charge on any atom is 0.309 e. The number of carbonyl (C=O) groups is 1. The summed E-state index contributed by atoms with van der Waals surface area (Å²) in [6.07, 6.45) is 2.13. The van der Waals surface area contributed by atoms with Gasteiger partial charge in [0.2, 0.25) is 0 Å². The third-order valence-corrected chi connectivity index (χ3v) is 3.07. The van der Waals surface area contributed by atoms with Gasteiger partial charge in [0.25, 0.3) is 0 Å². The highest BCUT2D eigenvalue weighted by atomic mass is 16.6. The zero-order chi connectivity index (χ0) is 10.3. The normalized spacial score (nSPS) is 36.1. The van der Waals surface area contributed by atoms with Crippen molar-refractivity contribution < 1.29 is 9.53 Å². The molecule has 1 saturated heterocycles. The van der Waals surface area contributed by atoms with Crippen LogP contribution in [0.4, 0.5) is 0 Å². The Morgan fingerprint density at radius 1 is 1.36 bits per heavy atom. The van der Waals surface area contributed by atoms with E-state index in [2.05, 4.69) is 5.32 Å². The molecule has 0 unspecified atom stereocenters. The number of carbonyl (C=O) groups excluding carboxylic acids is 1. The minimum absolute atomic E-state index is 0.00602. The Kier molecular flexibility index (Phi) is 2.30. The summed E-state index contributed by atoms with van der Waals surface area (Å²) in [5, 5.41) is 3.40. The highest BCUT2D eigenvalue weighted by Crippen LogP contribution is 2.37. The molecule has 80 valence electrons. The molecule has 1 aliphatic carbocycles. The van der Waals surface area contributed by atoms with Crippen molar-refractivity contribution in [2.45, 2.75) is 45.3 Å². The van der Waals surface area contributed by atoms with Crippen LogP contribution in [0.2, 0.25) is 0 Å². The topological polar surface area (TPSA) is 38.3 Å². The highest BCUT2D eigenvalue weighted by molar-refractivity contribution is 5.74. The van der Waals surface area contributed by atoms with Crippen LogP contribution in [0.15, 0.2) is 0 Å². The molecule has 1 heterocycles. The number of esters is 1. The smallest absolute Gasteiger partial charge is 0.309 e. The van der Waals surface area contributed by atoms with Gasteiger partial charge in [-0.25, -0.2) is 0 Å². The molecule has 0 aromatic carbocycles. The molecular weight excluding hydrogens is 178 g/mol. The average Bonchev–Trinajstić information content (AvgIpc) is 2.59. The Bertz CT molecular complexity index is 244. The van der Waals surface area contributed by atoms with Crippen molar-refractivity contribution >= 4 is 5.97 Å². The van der Waals surface area contributed by atoms with Crippen LogP contribution in [0.1, 0.15) is 33.6 Å². The van der Waals surface area contributed by atoms with Gasteiger partial charge >= 0.3 is 5.97 Å². The van der Waals surface area contributed by atoms with E-state index in [4.69, 9.17) is 4.74 Å². The van der Waals surface area contributed by atoms with E-state index in [1.165, 1.54) is 0 Å². The number of ether oxygens (including phenoxy) is 1. The first-order valence-electron chi connectivity index (χ1n) is 5.42. The lowest BCUT2D eigenvalue weighted by Crippen LogP contribution is -2.37. The molecule has 1 N–H and O–H groups in total. The van der Waals surface area contributed by atoms with Gasteiger partial charge in [-0.3, -0.25) is 4.79 Å². The molecule has 3 atom stereocenters. The summed E-state index contributed by atoms with van der Waals surface area (Å²) in [7, 11) is 0. The summed E-state index contributed by atoms with van der Waals surface area (Å²) in [4.78, 5) is 11.8. The summed E-state index contributed by atoms with van der Waals surface area (Å²) in [6.45, 7) is 6.78. The Labute approximate surface area is 85.2 Å². The van der Waals surface area contributed by atoms with Gasteiger partial charge in [-0.1, -0.05) is 0 Å². The van der Waals surface area contributed by atoms with Gasteiger partial charge in [0.15, 0.2) is 0 Å². The number of nitrogens with one attached hydrogen (secondary N) is 1. The van der Waals surface area contributed by atoms with E-state index in [1.807, 2.05) is 20.8 Å². The Morgan fingerprint density at radius 2 is 2.07 bits per heavy atom. The van der Waals surface area contributed by atoms with Crippen molar-refractivity contribution in [3.63, 3.8) is 0 Å². The average molecular weight is 197 g/mol. The molecule has 0 spiro atoms. The second-order valence-electron chi connectivity index (χ2n) is 5.48. The van der Waals surface area contributed by atoms with Crippen LogP contribution in [0.3, 0.4) is 0 Å². The Balaban J connectivity index is 1.93. The SMILES string of the molecule is CC(C)(C)OC(=O)[C@@H]1C[C@H]2C[C@@H]1CN2. The minimum atomic E-state index is -0.341. The summed E-state index contributed by atoms with van der Waals surface area (Å²) < 4.78 is 5.41. The van der Waals surface area contributed by atoms with E-state index in [0.717, 1.165) is 19.4 Å². The minimum Gasteiger partial charge on any atom is -0.460 e. The lowest BCUT2D eigenvalue weighted by Gasteiger charge is -2.26. The number of fused-ring (bicyclic) bond motifs is 2. The molecule has 0 amide bonds. The molecule has 3 nitrogen and oxygen atoms in total. The van der Waals surface area contributed by atoms with E-state index >= 15 is 0 Å². The monoisotopic (exact) mass is 197 g/mol. The summed E-state index contributed by atoms with van der Waals surface area (Å²) in [5.41, 5.74) is -0.341. The molecule has 0 radical (unpaired) electrons. The third kappa shape index (κ3) is 1.92. The highest BCUT2D eigenvalue weighted by Gasteiger charge is 2.44. The van der Waals surface area contributed by atoms with Crippen molar-refractivity contribution in [2.24, 2.45) is 11.8 Å². The van der Waals surface area contributed by atoms with Crippen molar-refractivity contribution in [2.75, 3.05) is 6.54 Å². The van der Waals surface area contributed by atoms with E-state index in [0.29, 0.717) is 12.0 Å². The predicted molar refractivity (Wildman–Crippen MR) is 53.8 cm³/mol. The first kappa shape index (κ1) is 9.97. The second kappa shape index (κ2) is 3.23. The quantitative estimate of drug-likeness (QED) is 0.644. The molecule has 1 saturated carbocycles. The van der Waals surface area contributed by atoms with E-state index < -0.39 is 0 Å². The number of hydrogen-bond donors (Lipinski definition) is 1. The van der Waals surface area contributed by atoms with Crippen molar-refractivity contribution in [3.8, 4) is 0 Å². The predicted octanol–water partition coefficient (Wildman–Crippen LogP) is 1.33. The third-order valence-electron chi connectivity index (χ3n) is 3.07. The Morgan fingerprint density at radius 3 is 2.50 bits per heavy atom. The zero-order valence-corrected chi connectivity index (χ0v) is 9.17. The van der Waals surface area contributed by atoms with E-state index in [1.54, 1.807) is 0 Å². The molecule has 0 aromatic rings. The van der Waals surface area contributed by atoms with E-state index in [9.17, 15) is 4.79 Å². The van der Waals surface area contributed by atoms with Gasteiger partial charge in [-0.05, 0) is 46.1 Å². The molecule has 3 heteroatoms. The Hall–Kier alpha value is -0.570. The van der Waals surface area contributed by atoms with Crippen LogP contribution >= 0.6 is 0 Å². The molecule has 1 aliphatic heterocycles. The fourth-order valence-electron chi connectivity index (χ4n) is 2.50. The summed E-state index contributed by atoms with van der Waals surface area (Å²) >= 11 is 0. The molecule has 2 aliphatic rings. The van der Waals surface area contributed by atoms with Crippen LogP contribution < -0.4 is 5.32 Å². The van der Waals surface area contributed by atoms with Gasteiger partial charge in [0.05, 0.1) is 5.92 Å². The second-order valence-corrected chi connectivity index (χ2v) is 5.48. The van der Waals surface area contributed by atoms with Gasteiger partial charge in [-0.15, -0.1) is 0 Å². The first-order chi connectivity index (χ1) is 6.46. The van der Waals surface area contributed by atoms with Crippen LogP contribution in [0.5, 0.6) is 0 Å². The van der Waals surface area contributed by atoms with Crippen molar-refractivity contribution in [3.05, 3.63) is 0 Å². The number of rotatable bonds is 1. The molecule has 2 fully saturated rings. The van der Waals surface area contributed by atoms with Crippen molar-refractivity contribution in [1.29, 1.82) is 0 Å². The van der Waals surface area contributed by atoms with Crippen LogP contribution in [-0.2, 0) is 9.53 Å². The standard InChI is InChI=1S/C11H19NO2/c1-11(2,3)14-10(13)9-5-8-4-7(9)6-12-8/h7-9,12H,4-6H2,1-3H3/t7-,8-,9-/m1/s1. The van der Waals surface area contributed by atoms with Crippen LogP contribution in [0, 0.1) is 11.8 Å². The maximum absolute atomic E-state index is 11.8.